The summed E-state index contributed by atoms with van der Waals surface area (Å²) in [6, 6.07) is 9.40. The standard InChI is InChI=1S/C14H10N4O4S/c19-13(12-2-1-7-22-12)17-9-15-16-14(17)23-8-10-3-5-11(6-4-10)18(20)21/h1-7,9H,8H2. The molecule has 2 heterocycles. The number of nitro benzene ring substituents is 1. The smallest absolute Gasteiger partial charge is 0.300 e. The third kappa shape index (κ3) is 3.29. The Morgan fingerprint density at radius 3 is 2.74 bits per heavy atom. The number of carbonyl (C=O) groups is 1. The van der Waals surface area contributed by atoms with Crippen molar-refractivity contribution in [1.82, 2.24) is 14.8 Å². The van der Waals surface area contributed by atoms with Crippen molar-refractivity contribution in [1.29, 1.82) is 0 Å². The van der Waals surface area contributed by atoms with Gasteiger partial charge in [0.1, 0.15) is 6.33 Å². The number of aromatic nitrogens is 3. The molecule has 0 fully saturated rings. The van der Waals surface area contributed by atoms with E-state index in [9.17, 15) is 14.9 Å². The molecule has 0 bridgehead atoms. The normalized spacial score (nSPS) is 10.6. The highest BCUT2D eigenvalue weighted by atomic mass is 32.2. The third-order valence-corrected chi connectivity index (χ3v) is 4.00. The van der Waals surface area contributed by atoms with Crippen LogP contribution in [0.15, 0.2) is 58.6 Å². The molecule has 0 aliphatic rings. The number of carbonyl (C=O) groups excluding carboxylic acids is 1. The molecule has 0 saturated carbocycles. The Bertz CT molecular complexity index is 827. The summed E-state index contributed by atoms with van der Waals surface area (Å²) in [5, 5.41) is 18.7. The molecular weight excluding hydrogens is 320 g/mol. The molecule has 116 valence electrons. The summed E-state index contributed by atoms with van der Waals surface area (Å²) < 4.78 is 6.37. The summed E-state index contributed by atoms with van der Waals surface area (Å²) >= 11 is 1.30. The minimum absolute atomic E-state index is 0.0370. The van der Waals surface area contributed by atoms with E-state index >= 15 is 0 Å². The van der Waals surface area contributed by atoms with Crippen molar-refractivity contribution in [2.75, 3.05) is 0 Å². The summed E-state index contributed by atoms with van der Waals surface area (Å²) in [7, 11) is 0. The topological polar surface area (TPSA) is 104 Å². The molecule has 9 heteroatoms. The van der Waals surface area contributed by atoms with Gasteiger partial charge >= 0.3 is 5.91 Å². The van der Waals surface area contributed by atoms with E-state index in [1.54, 1.807) is 24.3 Å². The van der Waals surface area contributed by atoms with Gasteiger partial charge in [-0.1, -0.05) is 23.9 Å². The zero-order valence-corrected chi connectivity index (χ0v) is 12.5. The monoisotopic (exact) mass is 330 g/mol. The maximum absolute atomic E-state index is 12.2. The van der Waals surface area contributed by atoms with Crippen molar-refractivity contribution in [3.63, 3.8) is 0 Å². The van der Waals surface area contributed by atoms with E-state index in [0.717, 1.165) is 5.56 Å². The van der Waals surface area contributed by atoms with Crippen molar-refractivity contribution >= 4 is 23.4 Å². The minimum Gasteiger partial charge on any atom is -0.459 e. The second-order valence-corrected chi connectivity index (χ2v) is 5.42. The molecule has 0 aliphatic heterocycles. The van der Waals surface area contributed by atoms with Gasteiger partial charge in [0.05, 0.1) is 11.2 Å². The molecule has 1 aromatic carbocycles. The lowest BCUT2D eigenvalue weighted by Gasteiger charge is -2.03. The van der Waals surface area contributed by atoms with Crippen molar-refractivity contribution < 1.29 is 14.1 Å². The molecule has 8 nitrogen and oxygen atoms in total. The fourth-order valence-electron chi connectivity index (χ4n) is 1.84. The maximum atomic E-state index is 12.2. The van der Waals surface area contributed by atoms with Gasteiger partial charge in [0.2, 0.25) is 0 Å². The number of furan rings is 1. The van der Waals surface area contributed by atoms with Gasteiger partial charge in [-0.15, -0.1) is 10.2 Å². The van der Waals surface area contributed by atoms with Gasteiger partial charge in [0, 0.05) is 17.9 Å². The van der Waals surface area contributed by atoms with E-state index in [0.29, 0.717) is 10.9 Å². The van der Waals surface area contributed by atoms with E-state index in [1.807, 2.05) is 0 Å². The lowest BCUT2D eigenvalue weighted by molar-refractivity contribution is -0.384. The predicted octanol–water partition coefficient (Wildman–Crippen LogP) is 2.76. The molecule has 0 saturated heterocycles. The van der Waals surface area contributed by atoms with E-state index in [1.165, 1.54) is 41.1 Å². The van der Waals surface area contributed by atoms with Crippen LogP contribution >= 0.6 is 11.8 Å². The minimum atomic E-state index is -0.449. The Labute approximate surface area is 134 Å². The van der Waals surface area contributed by atoms with Gasteiger partial charge in [0.15, 0.2) is 10.9 Å². The van der Waals surface area contributed by atoms with E-state index < -0.39 is 4.92 Å². The highest BCUT2D eigenvalue weighted by Gasteiger charge is 2.16. The molecule has 0 aliphatic carbocycles. The first-order valence-corrected chi connectivity index (χ1v) is 7.48. The van der Waals surface area contributed by atoms with Gasteiger partial charge in [-0.2, -0.15) is 0 Å². The number of hydrogen-bond donors (Lipinski definition) is 0. The fraction of sp³-hybridized carbons (Fsp3) is 0.0714. The molecule has 0 N–H and O–H groups in total. The average molecular weight is 330 g/mol. The van der Waals surface area contributed by atoms with Gasteiger partial charge < -0.3 is 4.42 Å². The van der Waals surface area contributed by atoms with Crippen LogP contribution in [0.2, 0.25) is 0 Å². The molecule has 3 aromatic rings. The van der Waals surface area contributed by atoms with Crippen LogP contribution in [0.3, 0.4) is 0 Å². The van der Waals surface area contributed by atoms with Gasteiger partial charge in [-0.3, -0.25) is 14.9 Å². The lowest BCUT2D eigenvalue weighted by atomic mass is 10.2. The number of nitro groups is 1. The Morgan fingerprint density at radius 1 is 1.30 bits per heavy atom. The van der Waals surface area contributed by atoms with E-state index in [2.05, 4.69) is 10.2 Å². The first-order valence-electron chi connectivity index (χ1n) is 6.49. The van der Waals surface area contributed by atoms with Crippen LogP contribution in [0.5, 0.6) is 0 Å². The molecule has 0 spiro atoms. The van der Waals surface area contributed by atoms with Crippen molar-refractivity contribution in [3.8, 4) is 0 Å². The quantitative estimate of drug-likeness (QED) is 0.402. The summed E-state index contributed by atoms with van der Waals surface area (Å²) in [5.74, 6) is 0.343. The molecule has 0 radical (unpaired) electrons. The number of non-ortho nitro benzene ring substituents is 1. The van der Waals surface area contributed by atoms with Crippen molar-refractivity contribution in [3.05, 3.63) is 70.4 Å². The van der Waals surface area contributed by atoms with Crippen molar-refractivity contribution in [2.24, 2.45) is 0 Å². The molecule has 3 rings (SSSR count). The lowest BCUT2D eigenvalue weighted by Crippen LogP contribution is -2.11. The number of rotatable bonds is 5. The number of benzene rings is 1. The van der Waals surface area contributed by atoms with Gasteiger partial charge in [-0.25, -0.2) is 4.57 Å². The summed E-state index contributed by atoms with van der Waals surface area (Å²) in [6.07, 6.45) is 2.74. The molecule has 0 unspecified atom stereocenters. The molecule has 0 amide bonds. The maximum Gasteiger partial charge on any atom is 0.300 e. The van der Waals surface area contributed by atoms with E-state index in [4.69, 9.17) is 4.42 Å². The van der Waals surface area contributed by atoms with Crippen LogP contribution in [0.25, 0.3) is 0 Å². The van der Waals surface area contributed by atoms with Crippen LogP contribution in [-0.2, 0) is 5.75 Å². The predicted molar refractivity (Wildman–Crippen MR) is 81.1 cm³/mol. The largest absolute Gasteiger partial charge is 0.459 e. The molecule has 0 atom stereocenters. The van der Waals surface area contributed by atoms with E-state index in [-0.39, 0.29) is 17.4 Å². The Kier molecular flexibility index (Phi) is 4.20. The molecule has 23 heavy (non-hydrogen) atoms. The highest BCUT2D eigenvalue weighted by Crippen LogP contribution is 2.23. The second-order valence-electron chi connectivity index (χ2n) is 4.48. The summed E-state index contributed by atoms with van der Waals surface area (Å²) in [4.78, 5) is 22.4. The fourth-order valence-corrected chi connectivity index (χ4v) is 2.71. The van der Waals surface area contributed by atoms with Crippen molar-refractivity contribution in [2.45, 2.75) is 10.9 Å². The van der Waals surface area contributed by atoms with Gasteiger partial charge in [0.25, 0.3) is 5.69 Å². The first-order chi connectivity index (χ1) is 11.1. The number of hydrogen-bond acceptors (Lipinski definition) is 7. The summed E-state index contributed by atoms with van der Waals surface area (Å²) in [6.45, 7) is 0. The Hall–Kier alpha value is -2.94. The van der Waals surface area contributed by atoms with Crippen LogP contribution in [0.4, 0.5) is 5.69 Å². The zero-order chi connectivity index (χ0) is 16.2. The Balaban J connectivity index is 1.71. The van der Waals surface area contributed by atoms with Crippen LogP contribution < -0.4 is 0 Å². The summed E-state index contributed by atoms with van der Waals surface area (Å²) in [5.41, 5.74) is 0.913. The first kappa shape index (κ1) is 15.0. The highest BCUT2D eigenvalue weighted by molar-refractivity contribution is 7.98. The SMILES string of the molecule is O=C(c1ccco1)n1cnnc1SCc1ccc([N+](=O)[O-])cc1. The Morgan fingerprint density at radius 2 is 2.09 bits per heavy atom. The average Bonchev–Trinajstić information content (AvgIpc) is 3.24. The van der Waals surface area contributed by atoms with Crippen LogP contribution in [0, 0.1) is 10.1 Å². The van der Waals surface area contributed by atoms with Crippen LogP contribution in [-0.4, -0.2) is 25.6 Å². The molecular formula is C14H10N4O4S. The zero-order valence-electron chi connectivity index (χ0n) is 11.7. The van der Waals surface area contributed by atoms with Gasteiger partial charge in [-0.05, 0) is 17.7 Å². The number of thioether (sulfide) groups is 1. The number of nitrogens with zero attached hydrogens (tertiary/aromatic N) is 4. The van der Waals surface area contributed by atoms with Crippen LogP contribution in [0.1, 0.15) is 16.1 Å². The molecule has 2 aromatic heterocycles. The third-order valence-electron chi connectivity index (χ3n) is 2.98. The second kappa shape index (κ2) is 6.44.